The summed E-state index contributed by atoms with van der Waals surface area (Å²) in [7, 11) is 1.82. The smallest absolute Gasteiger partial charge is 0.275 e. The van der Waals surface area contributed by atoms with Crippen LogP contribution >= 0.6 is 15.9 Å². The summed E-state index contributed by atoms with van der Waals surface area (Å²) in [6.07, 6.45) is 4.97. The number of aromatic nitrogens is 3. The average molecular weight is 331 g/mol. The number of amides is 1. The van der Waals surface area contributed by atoms with Crippen molar-refractivity contribution in [3.8, 4) is 0 Å². The molecule has 3 aromatic rings. The Labute approximate surface area is 123 Å². The highest BCUT2D eigenvalue weighted by molar-refractivity contribution is 9.10. The van der Waals surface area contributed by atoms with Gasteiger partial charge in [0.05, 0.1) is 17.5 Å². The van der Waals surface area contributed by atoms with Gasteiger partial charge in [-0.2, -0.15) is 0 Å². The molecule has 1 aromatic carbocycles. The second-order valence-corrected chi connectivity index (χ2v) is 5.33. The van der Waals surface area contributed by atoms with Crippen LogP contribution in [0.1, 0.15) is 10.5 Å². The van der Waals surface area contributed by atoms with E-state index in [1.807, 2.05) is 31.3 Å². The summed E-state index contributed by atoms with van der Waals surface area (Å²) in [5.74, 6) is -0.247. The van der Waals surface area contributed by atoms with Gasteiger partial charge in [-0.3, -0.25) is 9.78 Å². The molecule has 0 fully saturated rings. The molecule has 0 aliphatic heterocycles. The Hall–Kier alpha value is -2.21. The molecular formula is C14H11BrN4O. The lowest BCUT2D eigenvalue weighted by molar-refractivity contribution is 0.102. The number of rotatable bonds is 2. The number of para-hydroxylation sites is 1. The Morgan fingerprint density at radius 1 is 1.35 bits per heavy atom. The van der Waals surface area contributed by atoms with E-state index in [1.54, 1.807) is 23.3 Å². The molecule has 1 N–H and O–H groups in total. The number of pyridine rings is 1. The van der Waals surface area contributed by atoms with E-state index in [0.717, 1.165) is 15.4 Å². The number of imidazole rings is 1. The first-order valence-corrected chi connectivity index (χ1v) is 6.76. The number of anilines is 1. The maximum Gasteiger partial charge on any atom is 0.275 e. The number of fused-ring (bicyclic) bond motifs is 1. The van der Waals surface area contributed by atoms with Crippen LogP contribution in [0.2, 0.25) is 0 Å². The maximum atomic E-state index is 12.1. The Morgan fingerprint density at radius 2 is 2.20 bits per heavy atom. The summed E-state index contributed by atoms with van der Waals surface area (Å²) >= 11 is 3.38. The molecule has 2 aromatic heterocycles. The molecule has 1 amide bonds. The van der Waals surface area contributed by atoms with E-state index < -0.39 is 0 Å². The van der Waals surface area contributed by atoms with Gasteiger partial charge in [-0.15, -0.1) is 0 Å². The number of nitrogens with zero attached hydrogens (tertiary/aromatic N) is 3. The minimum absolute atomic E-state index is 0.247. The largest absolute Gasteiger partial charge is 0.340 e. The van der Waals surface area contributed by atoms with Gasteiger partial charge in [0.15, 0.2) is 0 Å². The first kappa shape index (κ1) is 12.8. The van der Waals surface area contributed by atoms with Gasteiger partial charge in [0, 0.05) is 29.3 Å². The van der Waals surface area contributed by atoms with E-state index >= 15 is 0 Å². The number of benzene rings is 1. The minimum atomic E-state index is -0.247. The number of carbonyl (C=O) groups excluding carboxylic acids is 1. The molecular weight excluding hydrogens is 320 g/mol. The highest BCUT2D eigenvalue weighted by Crippen LogP contribution is 2.24. The summed E-state index contributed by atoms with van der Waals surface area (Å²) in [4.78, 5) is 20.5. The summed E-state index contributed by atoms with van der Waals surface area (Å²) in [6, 6.07) is 7.61. The van der Waals surface area contributed by atoms with E-state index in [4.69, 9.17) is 0 Å². The van der Waals surface area contributed by atoms with Crippen LogP contribution in [0.4, 0.5) is 5.69 Å². The van der Waals surface area contributed by atoms with Crippen molar-refractivity contribution in [2.75, 3.05) is 5.32 Å². The summed E-state index contributed by atoms with van der Waals surface area (Å²) in [5.41, 5.74) is 1.80. The van der Waals surface area contributed by atoms with Gasteiger partial charge in [-0.1, -0.05) is 12.1 Å². The fourth-order valence-corrected chi connectivity index (χ4v) is 2.30. The highest BCUT2D eigenvalue weighted by Gasteiger charge is 2.11. The van der Waals surface area contributed by atoms with Gasteiger partial charge >= 0.3 is 0 Å². The Kier molecular flexibility index (Phi) is 3.23. The van der Waals surface area contributed by atoms with Crippen molar-refractivity contribution < 1.29 is 4.79 Å². The Bertz CT molecular complexity index is 797. The van der Waals surface area contributed by atoms with Crippen LogP contribution in [-0.2, 0) is 7.05 Å². The van der Waals surface area contributed by atoms with Gasteiger partial charge in [0.1, 0.15) is 5.69 Å². The number of hydrogen-bond donors (Lipinski definition) is 1. The third kappa shape index (κ3) is 2.42. The molecule has 0 spiro atoms. The van der Waals surface area contributed by atoms with Crippen LogP contribution in [0, 0.1) is 0 Å². The second-order valence-electron chi connectivity index (χ2n) is 4.41. The number of hydrogen-bond acceptors (Lipinski definition) is 3. The fraction of sp³-hybridized carbons (Fsp3) is 0.0714. The van der Waals surface area contributed by atoms with Gasteiger partial charge in [0.25, 0.3) is 5.91 Å². The molecule has 0 radical (unpaired) electrons. The SMILES string of the molecule is Cn1cnc(C(=O)Nc2cccc3cc(Br)cnc23)c1. The quantitative estimate of drug-likeness (QED) is 0.785. The van der Waals surface area contributed by atoms with Crippen LogP contribution in [0.25, 0.3) is 10.9 Å². The van der Waals surface area contributed by atoms with Crippen molar-refractivity contribution in [1.29, 1.82) is 0 Å². The molecule has 100 valence electrons. The zero-order chi connectivity index (χ0) is 14.1. The van der Waals surface area contributed by atoms with Crippen LogP contribution in [-0.4, -0.2) is 20.4 Å². The molecule has 20 heavy (non-hydrogen) atoms. The van der Waals surface area contributed by atoms with Crippen molar-refractivity contribution in [2.24, 2.45) is 7.05 Å². The normalized spacial score (nSPS) is 10.7. The number of aryl methyl sites for hydroxylation is 1. The highest BCUT2D eigenvalue weighted by atomic mass is 79.9. The third-order valence-electron chi connectivity index (χ3n) is 2.86. The Morgan fingerprint density at radius 3 is 2.95 bits per heavy atom. The van der Waals surface area contributed by atoms with E-state index in [0.29, 0.717) is 11.4 Å². The molecule has 3 rings (SSSR count). The van der Waals surface area contributed by atoms with E-state index in [2.05, 4.69) is 31.2 Å². The number of halogens is 1. The molecule has 0 saturated carbocycles. The molecule has 0 saturated heterocycles. The topological polar surface area (TPSA) is 59.8 Å². The van der Waals surface area contributed by atoms with Gasteiger partial charge in [-0.05, 0) is 28.1 Å². The third-order valence-corrected chi connectivity index (χ3v) is 3.30. The lowest BCUT2D eigenvalue weighted by Crippen LogP contribution is -2.12. The average Bonchev–Trinajstić information content (AvgIpc) is 2.85. The fourth-order valence-electron chi connectivity index (χ4n) is 1.95. The van der Waals surface area contributed by atoms with Crippen LogP contribution in [0.15, 0.2) is 47.5 Å². The van der Waals surface area contributed by atoms with Crippen LogP contribution in [0.3, 0.4) is 0 Å². The van der Waals surface area contributed by atoms with E-state index in [-0.39, 0.29) is 5.91 Å². The molecule has 0 bridgehead atoms. The molecule has 0 unspecified atom stereocenters. The number of nitrogens with one attached hydrogen (secondary N) is 1. The molecule has 0 atom stereocenters. The molecule has 2 heterocycles. The summed E-state index contributed by atoms with van der Waals surface area (Å²) in [5, 5.41) is 3.80. The molecule has 5 nitrogen and oxygen atoms in total. The Balaban J connectivity index is 1.97. The van der Waals surface area contributed by atoms with Gasteiger partial charge < -0.3 is 9.88 Å². The van der Waals surface area contributed by atoms with Crippen LogP contribution < -0.4 is 5.32 Å². The lowest BCUT2D eigenvalue weighted by Gasteiger charge is -2.07. The second kappa shape index (κ2) is 5.05. The van der Waals surface area contributed by atoms with Crippen molar-refractivity contribution in [1.82, 2.24) is 14.5 Å². The van der Waals surface area contributed by atoms with Crippen molar-refractivity contribution in [2.45, 2.75) is 0 Å². The first-order chi connectivity index (χ1) is 9.63. The predicted octanol–water partition coefficient (Wildman–Crippen LogP) is 2.98. The molecule has 6 heteroatoms. The zero-order valence-electron chi connectivity index (χ0n) is 10.7. The summed E-state index contributed by atoms with van der Waals surface area (Å²) < 4.78 is 2.63. The maximum absolute atomic E-state index is 12.1. The van der Waals surface area contributed by atoms with Crippen molar-refractivity contribution >= 4 is 38.4 Å². The molecule has 0 aliphatic rings. The lowest BCUT2D eigenvalue weighted by atomic mass is 10.2. The van der Waals surface area contributed by atoms with Crippen molar-refractivity contribution in [3.05, 3.63) is 53.2 Å². The molecule has 0 aliphatic carbocycles. The van der Waals surface area contributed by atoms with Gasteiger partial charge in [0.2, 0.25) is 0 Å². The van der Waals surface area contributed by atoms with E-state index in [1.165, 1.54) is 0 Å². The van der Waals surface area contributed by atoms with Crippen LogP contribution in [0.5, 0.6) is 0 Å². The van der Waals surface area contributed by atoms with Gasteiger partial charge in [-0.25, -0.2) is 4.98 Å². The van der Waals surface area contributed by atoms with E-state index in [9.17, 15) is 4.79 Å². The zero-order valence-corrected chi connectivity index (χ0v) is 12.3. The standard InChI is InChI=1S/C14H11BrN4O/c1-19-7-12(17-8-19)14(20)18-11-4-2-3-9-5-10(15)6-16-13(9)11/h2-8H,1H3,(H,18,20). The summed E-state index contributed by atoms with van der Waals surface area (Å²) in [6.45, 7) is 0. The first-order valence-electron chi connectivity index (χ1n) is 5.97. The minimum Gasteiger partial charge on any atom is -0.340 e. The monoisotopic (exact) mass is 330 g/mol. The predicted molar refractivity (Wildman–Crippen MR) is 80.6 cm³/mol. The van der Waals surface area contributed by atoms with Crippen molar-refractivity contribution in [3.63, 3.8) is 0 Å². The number of carbonyl (C=O) groups is 1.